The predicted octanol–water partition coefficient (Wildman–Crippen LogP) is 1.41. The van der Waals surface area contributed by atoms with E-state index in [1.165, 1.54) is 31.2 Å². The topological polar surface area (TPSA) is 43.1 Å². The molecule has 0 saturated heterocycles. The van der Waals surface area contributed by atoms with Crippen LogP contribution in [0.1, 0.15) is 18.5 Å². The molecule has 2 N–H and O–H groups in total. The van der Waals surface area contributed by atoms with Crippen molar-refractivity contribution in [3.8, 4) is 0 Å². The Morgan fingerprint density at radius 3 is 2.33 bits per heavy atom. The summed E-state index contributed by atoms with van der Waals surface area (Å²) in [7, 11) is 0. The van der Waals surface area contributed by atoms with Gasteiger partial charge in [-0.1, -0.05) is 12.1 Å². The quantitative estimate of drug-likeness (QED) is 0.723. The van der Waals surface area contributed by atoms with E-state index in [0.717, 1.165) is 0 Å². The summed E-state index contributed by atoms with van der Waals surface area (Å²) in [6.07, 6.45) is 0. The van der Waals surface area contributed by atoms with Gasteiger partial charge < -0.3 is 5.73 Å². The molecule has 0 saturated carbocycles. The number of carbonyl (C=O) groups is 1. The van der Waals surface area contributed by atoms with Crippen molar-refractivity contribution in [3.05, 3.63) is 35.6 Å². The number of Topliss-reactive ketones (excluding diaryl/α,β-unsaturated/α-hetero) is 1. The molecule has 0 amide bonds. The van der Waals surface area contributed by atoms with E-state index in [2.05, 4.69) is 0 Å². The lowest BCUT2D eigenvalue weighted by Crippen LogP contribution is -2.18. The highest BCUT2D eigenvalue weighted by Gasteiger charge is 2.09. The largest absolute Gasteiger partial charge is 0.318 e. The number of nitrogens with two attached hydrogens (primary N) is 1. The van der Waals surface area contributed by atoms with E-state index in [1.54, 1.807) is 0 Å². The van der Waals surface area contributed by atoms with Crippen molar-refractivity contribution in [1.29, 1.82) is 0 Å². The summed E-state index contributed by atoms with van der Waals surface area (Å²) in [6.45, 7) is 1.41. The molecule has 0 heterocycles. The predicted molar refractivity (Wildman–Crippen MR) is 44.0 cm³/mol. The van der Waals surface area contributed by atoms with Crippen molar-refractivity contribution < 1.29 is 9.18 Å². The summed E-state index contributed by atoms with van der Waals surface area (Å²) in [5, 5.41) is 0. The Morgan fingerprint density at radius 1 is 1.42 bits per heavy atom. The van der Waals surface area contributed by atoms with Crippen LogP contribution in [0.4, 0.5) is 4.39 Å². The van der Waals surface area contributed by atoms with Gasteiger partial charge in [-0.3, -0.25) is 4.79 Å². The molecule has 0 bridgehead atoms. The minimum atomic E-state index is -0.634. The number of hydrogen-bond acceptors (Lipinski definition) is 2. The molecule has 1 atom stereocenters. The molecule has 0 aliphatic rings. The van der Waals surface area contributed by atoms with E-state index >= 15 is 0 Å². The Bertz CT molecular complexity index is 281. The van der Waals surface area contributed by atoms with Crippen molar-refractivity contribution in [2.24, 2.45) is 5.73 Å². The van der Waals surface area contributed by atoms with Crippen molar-refractivity contribution in [2.75, 3.05) is 0 Å². The SMILES string of the molecule is CC(=O)C(N)c1ccc(F)cc1. The first-order valence-corrected chi connectivity index (χ1v) is 3.63. The zero-order valence-electron chi connectivity index (χ0n) is 6.75. The zero-order valence-corrected chi connectivity index (χ0v) is 6.75. The Hall–Kier alpha value is -1.22. The summed E-state index contributed by atoms with van der Waals surface area (Å²) in [6, 6.07) is 4.98. The van der Waals surface area contributed by atoms with Crippen LogP contribution in [-0.2, 0) is 4.79 Å². The number of carbonyl (C=O) groups excluding carboxylic acids is 1. The van der Waals surface area contributed by atoms with Crippen LogP contribution < -0.4 is 5.73 Å². The number of halogens is 1. The van der Waals surface area contributed by atoms with Crippen LogP contribution in [0.3, 0.4) is 0 Å². The molecule has 1 aromatic carbocycles. The summed E-state index contributed by atoms with van der Waals surface area (Å²) in [5.74, 6) is -0.448. The molecular weight excluding hydrogens is 157 g/mol. The van der Waals surface area contributed by atoms with Crippen LogP contribution in [0.5, 0.6) is 0 Å². The second kappa shape index (κ2) is 3.45. The maximum absolute atomic E-state index is 12.4. The van der Waals surface area contributed by atoms with Gasteiger partial charge in [0, 0.05) is 0 Å². The lowest BCUT2D eigenvalue weighted by atomic mass is 10.1. The van der Waals surface area contributed by atoms with Crippen LogP contribution >= 0.6 is 0 Å². The molecule has 0 aromatic heterocycles. The molecule has 2 nitrogen and oxygen atoms in total. The van der Waals surface area contributed by atoms with Gasteiger partial charge in [0.2, 0.25) is 0 Å². The molecule has 12 heavy (non-hydrogen) atoms. The molecule has 64 valence electrons. The van der Waals surface area contributed by atoms with E-state index in [9.17, 15) is 9.18 Å². The molecule has 0 aliphatic carbocycles. The molecule has 0 fully saturated rings. The van der Waals surface area contributed by atoms with Gasteiger partial charge in [-0.2, -0.15) is 0 Å². The third-order valence-electron chi connectivity index (χ3n) is 1.67. The minimum Gasteiger partial charge on any atom is -0.318 e. The van der Waals surface area contributed by atoms with Gasteiger partial charge in [0.1, 0.15) is 5.82 Å². The Balaban J connectivity index is 2.89. The Kier molecular flexibility index (Phi) is 2.55. The lowest BCUT2D eigenvalue weighted by molar-refractivity contribution is -0.118. The third kappa shape index (κ3) is 1.89. The molecule has 1 aromatic rings. The van der Waals surface area contributed by atoms with Gasteiger partial charge in [-0.05, 0) is 24.6 Å². The molecule has 1 rings (SSSR count). The fourth-order valence-corrected chi connectivity index (χ4v) is 0.905. The van der Waals surface area contributed by atoms with Gasteiger partial charge in [0.05, 0.1) is 6.04 Å². The van der Waals surface area contributed by atoms with Gasteiger partial charge >= 0.3 is 0 Å². The number of benzene rings is 1. The van der Waals surface area contributed by atoms with Gasteiger partial charge in [0.15, 0.2) is 5.78 Å². The smallest absolute Gasteiger partial charge is 0.150 e. The highest BCUT2D eigenvalue weighted by molar-refractivity contribution is 5.82. The number of hydrogen-bond donors (Lipinski definition) is 1. The van der Waals surface area contributed by atoms with E-state index in [0.29, 0.717) is 5.56 Å². The zero-order chi connectivity index (χ0) is 9.14. The number of ketones is 1. The average molecular weight is 167 g/mol. The van der Waals surface area contributed by atoms with Crippen molar-refractivity contribution in [2.45, 2.75) is 13.0 Å². The summed E-state index contributed by atoms with van der Waals surface area (Å²) >= 11 is 0. The monoisotopic (exact) mass is 167 g/mol. The molecule has 3 heteroatoms. The first-order valence-electron chi connectivity index (χ1n) is 3.63. The fourth-order valence-electron chi connectivity index (χ4n) is 0.905. The lowest BCUT2D eigenvalue weighted by Gasteiger charge is -2.06. The summed E-state index contributed by atoms with van der Waals surface area (Å²) < 4.78 is 12.4. The van der Waals surface area contributed by atoms with E-state index in [4.69, 9.17) is 5.73 Å². The Labute approximate surface area is 70.2 Å². The second-order valence-electron chi connectivity index (χ2n) is 2.64. The molecular formula is C9H10FNO. The summed E-state index contributed by atoms with van der Waals surface area (Å²) in [4.78, 5) is 10.8. The van der Waals surface area contributed by atoms with Crippen LogP contribution in [0, 0.1) is 5.82 Å². The van der Waals surface area contributed by atoms with Crippen LogP contribution in [-0.4, -0.2) is 5.78 Å². The van der Waals surface area contributed by atoms with Gasteiger partial charge in [0.25, 0.3) is 0 Å². The average Bonchev–Trinajstić information content (AvgIpc) is 2.04. The second-order valence-corrected chi connectivity index (χ2v) is 2.64. The molecule has 0 spiro atoms. The van der Waals surface area contributed by atoms with Crippen molar-refractivity contribution >= 4 is 5.78 Å². The Morgan fingerprint density at radius 2 is 1.92 bits per heavy atom. The fraction of sp³-hybridized carbons (Fsp3) is 0.222. The maximum atomic E-state index is 12.4. The molecule has 1 unspecified atom stereocenters. The first-order chi connectivity index (χ1) is 5.61. The highest BCUT2D eigenvalue weighted by atomic mass is 19.1. The third-order valence-corrected chi connectivity index (χ3v) is 1.67. The van der Waals surface area contributed by atoms with E-state index in [1.807, 2.05) is 0 Å². The maximum Gasteiger partial charge on any atom is 0.150 e. The van der Waals surface area contributed by atoms with E-state index < -0.39 is 6.04 Å². The van der Waals surface area contributed by atoms with Crippen molar-refractivity contribution in [3.63, 3.8) is 0 Å². The van der Waals surface area contributed by atoms with E-state index in [-0.39, 0.29) is 11.6 Å². The molecule has 0 aliphatic heterocycles. The van der Waals surface area contributed by atoms with Gasteiger partial charge in [-0.15, -0.1) is 0 Å². The van der Waals surface area contributed by atoms with Crippen LogP contribution in [0.25, 0.3) is 0 Å². The standard InChI is InChI=1S/C9H10FNO/c1-6(12)9(11)7-2-4-8(10)5-3-7/h2-5,9H,11H2,1H3. The highest BCUT2D eigenvalue weighted by Crippen LogP contribution is 2.11. The van der Waals surface area contributed by atoms with Gasteiger partial charge in [-0.25, -0.2) is 4.39 Å². The number of rotatable bonds is 2. The van der Waals surface area contributed by atoms with Crippen molar-refractivity contribution in [1.82, 2.24) is 0 Å². The minimum absolute atomic E-state index is 0.124. The normalized spacial score (nSPS) is 12.6. The summed E-state index contributed by atoms with van der Waals surface area (Å²) in [5.41, 5.74) is 6.16. The van der Waals surface area contributed by atoms with Crippen LogP contribution in [0.2, 0.25) is 0 Å². The van der Waals surface area contributed by atoms with Crippen LogP contribution in [0.15, 0.2) is 24.3 Å². The first kappa shape index (κ1) is 8.87. The molecule has 0 radical (unpaired) electrons.